The van der Waals surface area contributed by atoms with Crippen LogP contribution in [0.2, 0.25) is 0 Å². The molecule has 0 saturated carbocycles. The van der Waals surface area contributed by atoms with Crippen molar-refractivity contribution in [1.82, 2.24) is 27.9 Å². The molecule has 8 heteroatoms. The van der Waals surface area contributed by atoms with Crippen molar-refractivity contribution in [3.05, 3.63) is 194 Å². The Kier molecular flexibility index (Phi) is 6.53. The molecule has 0 aliphatic heterocycles. The van der Waals surface area contributed by atoms with E-state index in [0.29, 0.717) is 0 Å². The summed E-state index contributed by atoms with van der Waals surface area (Å²) >= 11 is 0. The minimum Gasteiger partial charge on any atom is -0.456 e. The van der Waals surface area contributed by atoms with Gasteiger partial charge >= 0.3 is 0 Å². The highest BCUT2D eigenvalue weighted by Crippen LogP contribution is 2.39. The van der Waals surface area contributed by atoms with Crippen LogP contribution in [0.5, 0.6) is 0 Å². The van der Waals surface area contributed by atoms with E-state index in [0.717, 1.165) is 133 Å². The van der Waals surface area contributed by atoms with E-state index in [2.05, 4.69) is 188 Å². The third-order valence-electron chi connectivity index (χ3n) is 13.2. The number of nitrogens with zero attached hydrogens (tertiary/aromatic N) is 6. The SMILES string of the molecule is c1cc(-c2ccc3c(c2)n2c4ccccc4nc2n3-c2ccc3oc4ccccc4c3c2)cc(-c2ccc3c(c2)n2c4ccccc4nc2n3-c2ccc3oc4ccccc4c3c2)c1. The molecule has 9 aromatic carbocycles. The molecule has 0 saturated heterocycles. The second-order valence-corrected chi connectivity index (χ2v) is 16.7. The first-order valence-corrected chi connectivity index (χ1v) is 21.5. The van der Waals surface area contributed by atoms with Crippen molar-refractivity contribution >= 4 is 99.6 Å². The molecule has 6 aromatic heterocycles. The van der Waals surface area contributed by atoms with Crippen LogP contribution in [-0.2, 0) is 0 Å². The van der Waals surface area contributed by atoms with Crippen LogP contribution in [0.15, 0.2) is 203 Å². The maximum atomic E-state index is 6.21. The Morgan fingerprint density at radius 1 is 0.297 bits per heavy atom. The molecule has 0 atom stereocenters. The number of fused-ring (bicyclic) bond motifs is 16. The molecular weight excluding hydrogens is 789 g/mol. The van der Waals surface area contributed by atoms with E-state index in [-0.39, 0.29) is 0 Å². The van der Waals surface area contributed by atoms with Crippen molar-refractivity contribution in [3.8, 4) is 33.6 Å². The molecule has 0 aliphatic rings. The zero-order valence-corrected chi connectivity index (χ0v) is 34.0. The van der Waals surface area contributed by atoms with Crippen molar-refractivity contribution in [2.45, 2.75) is 0 Å². The summed E-state index contributed by atoms with van der Waals surface area (Å²) in [6.07, 6.45) is 0. The molecule has 0 radical (unpaired) electrons. The second-order valence-electron chi connectivity index (χ2n) is 16.7. The van der Waals surface area contributed by atoms with Gasteiger partial charge in [0.05, 0.1) is 55.5 Å². The normalized spacial score (nSPS) is 12.4. The maximum Gasteiger partial charge on any atom is 0.220 e. The Morgan fingerprint density at radius 2 is 0.734 bits per heavy atom. The molecule has 15 rings (SSSR count). The summed E-state index contributed by atoms with van der Waals surface area (Å²) in [7, 11) is 0. The number of rotatable bonds is 4. The van der Waals surface area contributed by atoms with Gasteiger partial charge in [-0.1, -0.05) is 91.0 Å². The lowest BCUT2D eigenvalue weighted by molar-refractivity contribution is 0.668. The predicted molar refractivity (Wildman–Crippen MR) is 258 cm³/mol. The molecule has 8 nitrogen and oxygen atoms in total. The van der Waals surface area contributed by atoms with E-state index in [9.17, 15) is 0 Å². The zero-order valence-electron chi connectivity index (χ0n) is 34.0. The number of hydrogen-bond acceptors (Lipinski definition) is 4. The van der Waals surface area contributed by atoms with Crippen LogP contribution in [-0.4, -0.2) is 27.9 Å². The summed E-state index contributed by atoms with van der Waals surface area (Å²) in [6.45, 7) is 0. The molecule has 0 amide bonds. The predicted octanol–water partition coefficient (Wildman–Crippen LogP) is 14.3. The van der Waals surface area contributed by atoms with Crippen molar-refractivity contribution in [2.75, 3.05) is 0 Å². The van der Waals surface area contributed by atoms with Gasteiger partial charge in [-0.3, -0.25) is 17.9 Å². The summed E-state index contributed by atoms with van der Waals surface area (Å²) in [5, 5.41) is 4.36. The summed E-state index contributed by atoms with van der Waals surface area (Å²) in [4.78, 5) is 10.4. The Hall–Kier alpha value is -8.88. The molecule has 0 fully saturated rings. The number of imidazole rings is 4. The highest BCUT2D eigenvalue weighted by atomic mass is 16.3. The average molecular weight is 821 g/mol. The lowest BCUT2D eigenvalue weighted by atomic mass is 9.98. The fourth-order valence-electron chi connectivity index (χ4n) is 10.3. The van der Waals surface area contributed by atoms with Gasteiger partial charge in [0, 0.05) is 21.5 Å². The van der Waals surface area contributed by atoms with E-state index in [1.807, 2.05) is 24.3 Å². The Morgan fingerprint density at radius 3 is 1.25 bits per heavy atom. The standard InChI is InChI=1S/C56H32N6O2/c1-7-18-51-39(12-1)41-31-37(22-26-53(41)63-51)59-47-24-20-35(29-49(47)61-45-16-5-3-14-43(45)57-55(59)61)33-10-9-11-34(28-33)36-21-25-48-50(30-36)62-46-17-6-4-15-44(46)58-56(62)60(48)38-23-27-54-42(32-38)40-13-2-8-19-52(40)64-54/h1-32H. The zero-order chi connectivity index (χ0) is 41.6. The first-order valence-electron chi connectivity index (χ1n) is 21.5. The van der Waals surface area contributed by atoms with Crippen LogP contribution in [0, 0.1) is 0 Å². The molecule has 64 heavy (non-hydrogen) atoms. The summed E-state index contributed by atoms with van der Waals surface area (Å²) in [5.74, 6) is 1.73. The minimum absolute atomic E-state index is 0.867. The number of para-hydroxylation sites is 6. The summed E-state index contributed by atoms with van der Waals surface area (Å²) in [6, 6.07) is 68.5. The van der Waals surface area contributed by atoms with E-state index >= 15 is 0 Å². The monoisotopic (exact) mass is 820 g/mol. The lowest BCUT2D eigenvalue weighted by Crippen LogP contribution is -1.95. The van der Waals surface area contributed by atoms with Gasteiger partial charge in [0.15, 0.2) is 0 Å². The largest absolute Gasteiger partial charge is 0.456 e. The number of aromatic nitrogens is 6. The number of benzene rings is 9. The van der Waals surface area contributed by atoms with Gasteiger partial charge in [-0.2, -0.15) is 0 Å². The van der Waals surface area contributed by atoms with E-state index in [4.69, 9.17) is 18.8 Å². The average Bonchev–Trinajstić information content (AvgIpc) is 4.19. The molecule has 0 bridgehead atoms. The lowest BCUT2D eigenvalue weighted by Gasteiger charge is -2.09. The van der Waals surface area contributed by atoms with Crippen LogP contribution in [0.1, 0.15) is 0 Å². The van der Waals surface area contributed by atoms with Crippen molar-refractivity contribution in [1.29, 1.82) is 0 Å². The quantitative estimate of drug-likeness (QED) is 0.177. The Bertz CT molecular complexity index is 4170. The fourth-order valence-corrected chi connectivity index (χ4v) is 10.3. The van der Waals surface area contributed by atoms with Crippen molar-refractivity contribution in [3.63, 3.8) is 0 Å². The van der Waals surface area contributed by atoms with Crippen LogP contribution in [0.25, 0.3) is 133 Å². The van der Waals surface area contributed by atoms with E-state index < -0.39 is 0 Å². The third-order valence-corrected chi connectivity index (χ3v) is 13.2. The Labute approximate surface area is 362 Å². The van der Waals surface area contributed by atoms with Gasteiger partial charge in [-0.05, 0) is 125 Å². The van der Waals surface area contributed by atoms with Crippen molar-refractivity contribution in [2.24, 2.45) is 0 Å². The first-order chi connectivity index (χ1) is 31.7. The maximum absolute atomic E-state index is 6.21. The smallest absolute Gasteiger partial charge is 0.220 e. The van der Waals surface area contributed by atoms with Crippen LogP contribution in [0.4, 0.5) is 0 Å². The first kappa shape index (κ1) is 33.8. The number of hydrogen-bond donors (Lipinski definition) is 0. The van der Waals surface area contributed by atoms with Gasteiger partial charge in [-0.25, -0.2) is 9.97 Å². The van der Waals surface area contributed by atoms with Gasteiger partial charge < -0.3 is 8.83 Å². The van der Waals surface area contributed by atoms with Gasteiger partial charge in [0.1, 0.15) is 22.3 Å². The van der Waals surface area contributed by atoms with E-state index in [1.54, 1.807) is 0 Å². The van der Waals surface area contributed by atoms with Crippen molar-refractivity contribution < 1.29 is 8.83 Å². The van der Waals surface area contributed by atoms with Crippen LogP contribution < -0.4 is 0 Å². The highest BCUT2D eigenvalue weighted by Gasteiger charge is 2.21. The van der Waals surface area contributed by atoms with Crippen LogP contribution in [0.3, 0.4) is 0 Å². The third kappa shape index (κ3) is 4.60. The molecule has 15 aromatic rings. The van der Waals surface area contributed by atoms with Gasteiger partial charge in [0.25, 0.3) is 0 Å². The second kappa shape index (κ2) is 12.4. The van der Waals surface area contributed by atoms with Gasteiger partial charge in [-0.15, -0.1) is 0 Å². The summed E-state index contributed by atoms with van der Waals surface area (Å²) in [5.41, 5.74) is 18.4. The molecule has 0 aliphatic carbocycles. The van der Waals surface area contributed by atoms with Crippen LogP contribution >= 0.6 is 0 Å². The minimum atomic E-state index is 0.867. The molecule has 0 spiro atoms. The molecule has 6 heterocycles. The van der Waals surface area contributed by atoms with Gasteiger partial charge in [0.2, 0.25) is 11.6 Å². The molecule has 298 valence electrons. The Balaban J connectivity index is 0.892. The fraction of sp³-hybridized carbons (Fsp3) is 0. The topological polar surface area (TPSA) is 70.7 Å². The van der Waals surface area contributed by atoms with E-state index in [1.165, 1.54) is 0 Å². The highest BCUT2D eigenvalue weighted by molar-refractivity contribution is 6.07. The summed E-state index contributed by atoms with van der Waals surface area (Å²) < 4.78 is 21.6. The molecular formula is C56H32N6O2. The number of furan rings is 2. The molecule has 0 unspecified atom stereocenters. The molecule has 0 N–H and O–H groups in total.